The molecule has 0 bridgehead atoms. The summed E-state index contributed by atoms with van der Waals surface area (Å²) in [5.74, 6) is 1.83. The van der Waals surface area contributed by atoms with Crippen LogP contribution in [0.25, 0.3) is 11.4 Å². The maximum absolute atomic E-state index is 5.90. The quantitative estimate of drug-likeness (QED) is 0.272. The lowest BCUT2D eigenvalue weighted by Gasteiger charge is -2.09. The van der Waals surface area contributed by atoms with Gasteiger partial charge in [0.2, 0.25) is 11.7 Å². The van der Waals surface area contributed by atoms with E-state index < -0.39 is 0 Å². The minimum Gasteiger partial charge on any atom is -0.356 e. The Labute approximate surface area is 190 Å². The maximum Gasteiger partial charge on any atom is 0.228 e. The van der Waals surface area contributed by atoms with Crippen molar-refractivity contribution in [3.05, 3.63) is 51.3 Å². The molecule has 150 valence electrons. The number of hydrogen-bond donors (Lipinski definition) is 2. The molecule has 10 heteroatoms. The Morgan fingerprint density at radius 3 is 2.71 bits per heavy atom. The van der Waals surface area contributed by atoms with Crippen molar-refractivity contribution in [3.63, 3.8) is 0 Å². The highest BCUT2D eigenvalue weighted by atomic mass is 127. The molecule has 2 heterocycles. The van der Waals surface area contributed by atoms with Gasteiger partial charge in [0.15, 0.2) is 5.96 Å². The molecule has 2 N–H and O–H groups in total. The van der Waals surface area contributed by atoms with Gasteiger partial charge in [0.25, 0.3) is 0 Å². The van der Waals surface area contributed by atoms with Crippen molar-refractivity contribution in [3.8, 4) is 11.4 Å². The fraction of sp³-hybridized carbons (Fsp3) is 0.333. The van der Waals surface area contributed by atoms with Crippen LogP contribution in [0.3, 0.4) is 0 Å². The third-order valence-electron chi connectivity index (χ3n) is 3.78. The molecular weight excluding hydrogens is 511 g/mol. The molecule has 0 aliphatic rings. The van der Waals surface area contributed by atoms with Crippen molar-refractivity contribution < 1.29 is 4.52 Å². The Bertz CT molecular complexity index is 896. The molecule has 0 fully saturated rings. The van der Waals surface area contributed by atoms with Gasteiger partial charge in [0.1, 0.15) is 5.01 Å². The van der Waals surface area contributed by atoms with Crippen molar-refractivity contribution in [2.75, 3.05) is 13.6 Å². The number of nitrogens with zero attached hydrogens (tertiary/aromatic N) is 4. The highest BCUT2D eigenvalue weighted by Gasteiger charge is 2.09. The maximum atomic E-state index is 5.90. The monoisotopic (exact) mass is 532 g/mol. The zero-order chi connectivity index (χ0) is 19.1. The van der Waals surface area contributed by atoms with Gasteiger partial charge in [0.05, 0.1) is 6.54 Å². The number of aromatic nitrogens is 3. The van der Waals surface area contributed by atoms with Gasteiger partial charge in [-0.05, 0) is 30.7 Å². The van der Waals surface area contributed by atoms with E-state index in [1.807, 2.05) is 18.3 Å². The number of rotatable bonds is 7. The van der Waals surface area contributed by atoms with E-state index in [4.69, 9.17) is 16.1 Å². The third-order valence-corrected chi connectivity index (χ3v) is 5.18. The molecule has 0 spiro atoms. The third kappa shape index (κ3) is 6.42. The number of aliphatic imine (C=N–C) groups is 1. The molecule has 28 heavy (non-hydrogen) atoms. The van der Waals surface area contributed by atoms with Gasteiger partial charge < -0.3 is 15.2 Å². The van der Waals surface area contributed by atoms with E-state index >= 15 is 0 Å². The smallest absolute Gasteiger partial charge is 0.228 e. The topological polar surface area (TPSA) is 88.2 Å². The summed E-state index contributed by atoms with van der Waals surface area (Å²) in [6.07, 6.45) is 3.52. The Kier molecular flexibility index (Phi) is 9.13. The minimum atomic E-state index is 0. The van der Waals surface area contributed by atoms with Gasteiger partial charge in [-0.1, -0.05) is 23.7 Å². The normalized spacial score (nSPS) is 11.2. The van der Waals surface area contributed by atoms with E-state index in [1.54, 1.807) is 30.5 Å². The first-order valence-electron chi connectivity index (χ1n) is 8.64. The van der Waals surface area contributed by atoms with Crippen LogP contribution >= 0.6 is 46.9 Å². The van der Waals surface area contributed by atoms with Crippen LogP contribution in [0.2, 0.25) is 5.02 Å². The zero-order valence-corrected chi connectivity index (χ0v) is 19.5. The largest absolute Gasteiger partial charge is 0.356 e. The summed E-state index contributed by atoms with van der Waals surface area (Å²) in [6, 6.07) is 7.33. The highest BCUT2D eigenvalue weighted by Crippen LogP contribution is 2.18. The molecule has 2 aromatic heterocycles. The summed E-state index contributed by atoms with van der Waals surface area (Å²) in [5.41, 5.74) is 0.870. The Morgan fingerprint density at radius 1 is 1.25 bits per heavy atom. The van der Waals surface area contributed by atoms with E-state index in [-0.39, 0.29) is 24.0 Å². The SMILES string of the molecule is CCc1cnc(CNC(=NC)NCCc2nc(-c3ccc(Cl)cc3)no2)s1.I. The fourth-order valence-corrected chi connectivity index (χ4v) is 3.26. The van der Waals surface area contributed by atoms with E-state index in [2.05, 4.69) is 37.7 Å². The van der Waals surface area contributed by atoms with Crippen molar-refractivity contribution >= 4 is 52.9 Å². The lowest BCUT2D eigenvalue weighted by molar-refractivity contribution is 0.378. The molecule has 1 aromatic carbocycles. The highest BCUT2D eigenvalue weighted by molar-refractivity contribution is 14.0. The van der Waals surface area contributed by atoms with Crippen LogP contribution in [0.1, 0.15) is 22.7 Å². The van der Waals surface area contributed by atoms with Gasteiger partial charge >= 0.3 is 0 Å². The molecular formula is C18H22ClIN6OS. The molecule has 0 amide bonds. The van der Waals surface area contributed by atoms with Crippen molar-refractivity contribution in [2.24, 2.45) is 4.99 Å². The van der Waals surface area contributed by atoms with Gasteiger partial charge in [-0.3, -0.25) is 4.99 Å². The first kappa shape index (κ1) is 22.6. The van der Waals surface area contributed by atoms with Crippen molar-refractivity contribution in [1.29, 1.82) is 0 Å². The van der Waals surface area contributed by atoms with E-state index in [9.17, 15) is 0 Å². The summed E-state index contributed by atoms with van der Waals surface area (Å²) in [5, 5.41) is 12.2. The molecule has 0 aliphatic carbocycles. The average Bonchev–Trinajstić information content (AvgIpc) is 3.34. The summed E-state index contributed by atoms with van der Waals surface area (Å²) in [6.45, 7) is 3.40. The summed E-state index contributed by atoms with van der Waals surface area (Å²) >= 11 is 7.61. The molecule has 0 aliphatic heterocycles. The molecule has 3 aromatic rings. The van der Waals surface area contributed by atoms with Crippen LogP contribution in [0.5, 0.6) is 0 Å². The number of guanidine groups is 1. The predicted octanol–water partition coefficient (Wildman–Crippen LogP) is 3.93. The summed E-state index contributed by atoms with van der Waals surface area (Å²) in [4.78, 5) is 14.3. The van der Waals surface area contributed by atoms with E-state index in [1.165, 1.54) is 4.88 Å². The summed E-state index contributed by atoms with van der Waals surface area (Å²) < 4.78 is 5.31. The van der Waals surface area contributed by atoms with Crippen molar-refractivity contribution in [1.82, 2.24) is 25.8 Å². The first-order valence-corrected chi connectivity index (χ1v) is 9.84. The number of halogens is 2. The number of benzene rings is 1. The van der Waals surface area contributed by atoms with Gasteiger partial charge in [-0.25, -0.2) is 4.98 Å². The molecule has 0 unspecified atom stereocenters. The van der Waals surface area contributed by atoms with Crippen LogP contribution in [-0.2, 0) is 19.4 Å². The second kappa shape index (κ2) is 11.3. The van der Waals surface area contributed by atoms with Gasteiger partial charge in [-0.15, -0.1) is 35.3 Å². The number of aryl methyl sites for hydroxylation is 1. The number of hydrogen-bond acceptors (Lipinski definition) is 6. The zero-order valence-electron chi connectivity index (χ0n) is 15.6. The molecule has 0 radical (unpaired) electrons. The average molecular weight is 533 g/mol. The molecule has 7 nitrogen and oxygen atoms in total. The van der Waals surface area contributed by atoms with Crippen LogP contribution < -0.4 is 10.6 Å². The van der Waals surface area contributed by atoms with Crippen LogP contribution in [0, 0.1) is 0 Å². The Balaban J connectivity index is 0.00000280. The fourth-order valence-electron chi connectivity index (χ4n) is 2.33. The van der Waals surface area contributed by atoms with Gasteiger partial charge in [-0.2, -0.15) is 4.98 Å². The second-order valence-corrected chi connectivity index (χ2v) is 7.33. The van der Waals surface area contributed by atoms with E-state index in [0.717, 1.165) is 17.0 Å². The predicted molar refractivity (Wildman–Crippen MR) is 124 cm³/mol. The van der Waals surface area contributed by atoms with Gasteiger partial charge in [0, 0.05) is 41.7 Å². The van der Waals surface area contributed by atoms with Crippen LogP contribution in [0.15, 0.2) is 40.0 Å². The second-order valence-electron chi connectivity index (χ2n) is 5.70. The van der Waals surface area contributed by atoms with E-state index in [0.29, 0.717) is 42.2 Å². The Morgan fingerprint density at radius 2 is 2.04 bits per heavy atom. The number of nitrogens with one attached hydrogen (secondary N) is 2. The lowest BCUT2D eigenvalue weighted by Crippen LogP contribution is -2.37. The molecule has 3 rings (SSSR count). The van der Waals surface area contributed by atoms with Crippen LogP contribution in [0.4, 0.5) is 0 Å². The summed E-state index contributed by atoms with van der Waals surface area (Å²) in [7, 11) is 1.74. The first-order chi connectivity index (χ1) is 13.2. The Hall–Kier alpha value is -1.72. The lowest BCUT2D eigenvalue weighted by atomic mass is 10.2. The molecule has 0 saturated heterocycles. The van der Waals surface area contributed by atoms with Crippen LogP contribution in [-0.4, -0.2) is 34.7 Å². The standard InChI is InChI=1S/C18H21ClN6OS.HI/c1-3-14-10-22-16(27-14)11-23-18(20-2)21-9-8-15-24-17(25-26-15)12-4-6-13(19)7-5-12;/h4-7,10H,3,8-9,11H2,1-2H3,(H2,20,21,23);1H. The van der Waals surface area contributed by atoms with Crippen molar-refractivity contribution in [2.45, 2.75) is 26.3 Å². The molecule has 0 saturated carbocycles. The minimum absolute atomic E-state index is 0. The number of thiazole rings is 1. The molecule has 0 atom stereocenters.